The predicted molar refractivity (Wildman–Crippen MR) is 63.9 cm³/mol. The van der Waals surface area contributed by atoms with Gasteiger partial charge in [-0.25, -0.2) is 0 Å². The lowest BCUT2D eigenvalue weighted by molar-refractivity contribution is 0.130. The fourth-order valence-electron chi connectivity index (χ4n) is 2.09. The molecule has 15 heavy (non-hydrogen) atoms. The van der Waals surface area contributed by atoms with Gasteiger partial charge in [-0.15, -0.1) is 11.3 Å². The van der Waals surface area contributed by atoms with Gasteiger partial charge in [0.1, 0.15) is 0 Å². The lowest BCUT2D eigenvalue weighted by atomic mass is 9.93. The van der Waals surface area contributed by atoms with E-state index in [4.69, 9.17) is 5.73 Å². The molecule has 1 aliphatic heterocycles. The smallest absolute Gasteiger partial charge is 0.0794 e. The molecule has 3 nitrogen and oxygen atoms in total. The normalized spacial score (nSPS) is 30.3. The zero-order valence-electron chi connectivity index (χ0n) is 9.39. The van der Waals surface area contributed by atoms with Crippen molar-refractivity contribution in [3.63, 3.8) is 0 Å². The zero-order valence-corrected chi connectivity index (χ0v) is 10.2. The number of hydrogen-bond donors (Lipinski definition) is 1. The van der Waals surface area contributed by atoms with E-state index in [-0.39, 0.29) is 0 Å². The second kappa shape index (κ2) is 4.60. The van der Waals surface area contributed by atoms with Crippen molar-refractivity contribution < 1.29 is 0 Å². The minimum Gasteiger partial charge on any atom is -0.326 e. The number of hydrogen-bond acceptors (Lipinski definition) is 4. The van der Waals surface area contributed by atoms with Gasteiger partial charge in [0.2, 0.25) is 0 Å². The Bertz CT molecular complexity index is 299. The highest BCUT2D eigenvalue weighted by molar-refractivity contribution is 7.09. The Morgan fingerprint density at radius 2 is 2.47 bits per heavy atom. The number of nitrogens with zero attached hydrogens (tertiary/aromatic N) is 2. The van der Waals surface area contributed by atoms with Crippen LogP contribution in [-0.2, 0) is 0 Å². The van der Waals surface area contributed by atoms with Gasteiger partial charge in [-0.1, -0.05) is 6.92 Å². The third kappa shape index (κ3) is 2.38. The number of rotatable bonds is 2. The largest absolute Gasteiger partial charge is 0.326 e. The van der Waals surface area contributed by atoms with E-state index in [2.05, 4.69) is 23.7 Å². The average Bonchev–Trinajstić information content (AvgIpc) is 2.74. The number of piperidine rings is 1. The average molecular weight is 225 g/mol. The molecule has 0 amide bonds. The van der Waals surface area contributed by atoms with E-state index in [1.165, 1.54) is 11.3 Å². The second-order valence-corrected chi connectivity index (χ2v) is 5.42. The van der Waals surface area contributed by atoms with Gasteiger partial charge in [0, 0.05) is 29.7 Å². The molecular formula is C11H19N3S. The lowest BCUT2D eigenvalue weighted by Gasteiger charge is -2.38. The first-order chi connectivity index (χ1) is 7.18. The van der Waals surface area contributed by atoms with Crippen molar-refractivity contribution in [1.82, 2.24) is 9.88 Å². The molecular weight excluding hydrogens is 206 g/mol. The molecule has 2 heterocycles. The lowest BCUT2D eigenvalue weighted by Crippen LogP contribution is -2.48. The maximum Gasteiger partial charge on any atom is 0.0794 e. The van der Waals surface area contributed by atoms with Crippen molar-refractivity contribution in [3.05, 3.63) is 16.6 Å². The third-order valence-corrected chi connectivity index (χ3v) is 4.40. The van der Waals surface area contributed by atoms with E-state index in [1.54, 1.807) is 11.3 Å². The minimum atomic E-state index is 0.328. The monoisotopic (exact) mass is 225 g/mol. The van der Waals surface area contributed by atoms with Crippen LogP contribution < -0.4 is 5.73 Å². The molecule has 1 fully saturated rings. The van der Waals surface area contributed by atoms with Crippen molar-refractivity contribution in [2.45, 2.75) is 32.4 Å². The summed E-state index contributed by atoms with van der Waals surface area (Å²) in [6, 6.07) is 0.796. The van der Waals surface area contributed by atoms with Crippen LogP contribution in [0.4, 0.5) is 0 Å². The zero-order chi connectivity index (χ0) is 10.8. The summed E-state index contributed by atoms with van der Waals surface area (Å²) in [7, 11) is 0. The first kappa shape index (κ1) is 11.0. The van der Waals surface area contributed by atoms with Gasteiger partial charge >= 0.3 is 0 Å². The number of aromatic nitrogens is 1. The van der Waals surface area contributed by atoms with Gasteiger partial charge in [-0.2, -0.15) is 0 Å². The standard InChI is InChI=1S/C11H19N3S/c1-8-3-4-14(6-10(8)12)9(2)11-5-13-7-15-11/h5,7-10H,3-4,6,12H2,1-2H3. The highest BCUT2D eigenvalue weighted by Gasteiger charge is 2.27. The van der Waals surface area contributed by atoms with Crippen LogP contribution in [0.15, 0.2) is 11.7 Å². The first-order valence-electron chi connectivity index (χ1n) is 5.56. The summed E-state index contributed by atoms with van der Waals surface area (Å²) in [6.45, 7) is 6.67. The Morgan fingerprint density at radius 3 is 3.07 bits per heavy atom. The molecule has 1 aromatic heterocycles. The summed E-state index contributed by atoms with van der Waals surface area (Å²) >= 11 is 1.73. The van der Waals surface area contributed by atoms with Crippen LogP contribution >= 0.6 is 11.3 Å². The van der Waals surface area contributed by atoms with Crippen LogP contribution in [0.1, 0.15) is 31.2 Å². The Hall–Kier alpha value is -0.450. The molecule has 1 aromatic rings. The maximum absolute atomic E-state index is 6.11. The molecule has 84 valence electrons. The summed E-state index contributed by atoms with van der Waals surface area (Å²) in [4.78, 5) is 7.95. The Labute approximate surface area is 95.3 Å². The van der Waals surface area contributed by atoms with E-state index in [9.17, 15) is 0 Å². The highest BCUT2D eigenvalue weighted by Crippen LogP contribution is 2.27. The predicted octanol–water partition coefficient (Wildman–Crippen LogP) is 1.87. The summed E-state index contributed by atoms with van der Waals surface area (Å²) in [6.07, 6.45) is 3.18. The van der Waals surface area contributed by atoms with E-state index in [1.807, 2.05) is 11.7 Å². The molecule has 0 spiro atoms. The molecule has 0 aromatic carbocycles. The molecule has 3 unspecified atom stereocenters. The van der Waals surface area contributed by atoms with Gasteiger partial charge < -0.3 is 5.73 Å². The molecule has 0 bridgehead atoms. The van der Waals surface area contributed by atoms with E-state index in [0.717, 1.165) is 13.1 Å². The molecule has 0 saturated carbocycles. The third-order valence-electron chi connectivity index (χ3n) is 3.46. The number of nitrogens with two attached hydrogens (primary N) is 1. The Morgan fingerprint density at radius 1 is 1.67 bits per heavy atom. The molecule has 1 aliphatic rings. The SMILES string of the molecule is CC1CCN(C(C)c2cncs2)CC1N. The molecule has 0 radical (unpaired) electrons. The van der Waals surface area contributed by atoms with Gasteiger partial charge in [0.15, 0.2) is 0 Å². The van der Waals surface area contributed by atoms with Crippen molar-refractivity contribution in [3.8, 4) is 0 Å². The van der Waals surface area contributed by atoms with Crippen LogP contribution in [0.3, 0.4) is 0 Å². The van der Waals surface area contributed by atoms with Gasteiger partial charge in [0.25, 0.3) is 0 Å². The maximum atomic E-state index is 6.11. The van der Waals surface area contributed by atoms with E-state index < -0.39 is 0 Å². The van der Waals surface area contributed by atoms with Gasteiger partial charge in [0.05, 0.1) is 5.51 Å². The van der Waals surface area contributed by atoms with E-state index >= 15 is 0 Å². The summed E-state index contributed by atoms with van der Waals surface area (Å²) in [5.41, 5.74) is 8.01. The molecule has 4 heteroatoms. The first-order valence-corrected chi connectivity index (χ1v) is 6.44. The molecule has 2 N–H and O–H groups in total. The summed E-state index contributed by atoms with van der Waals surface area (Å²) in [5.74, 6) is 0.662. The van der Waals surface area contributed by atoms with Crippen LogP contribution in [0.25, 0.3) is 0 Å². The van der Waals surface area contributed by atoms with Crippen molar-refractivity contribution in [1.29, 1.82) is 0 Å². The molecule has 2 rings (SSSR count). The summed E-state index contributed by atoms with van der Waals surface area (Å²) in [5, 5.41) is 0. The van der Waals surface area contributed by atoms with Crippen LogP contribution in [0.2, 0.25) is 0 Å². The van der Waals surface area contributed by atoms with Crippen LogP contribution in [0.5, 0.6) is 0 Å². The number of likely N-dealkylation sites (tertiary alicyclic amines) is 1. The van der Waals surface area contributed by atoms with Crippen molar-refractivity contribution in [2.75, 3.05) is 13.1 Å². The van der Waals surface area contributed by atoms with E-state index in [0.29, 0.717) is 18.0 Å². The fraction of sp³-hybridized carbons (Fsp3) is 0.727. The topological polar surface area (TPSA) is 42.2 Å². The molecule has 1 saturated heterocycles. The Balaban J connectivity index is 2.00. The van der Waals surface area contributed by atoms with Gasteiger partial charge in [-0.05, 0) is 25.8 Å². The minimum absolute atomic E-state index is 0.328. The van der Waals surface area contributed by atoms with Gasteiger partial charge in [-0.3, -0.25) is 9.88 Å². The summed E-state index contributed by atoms with van der Waals surface area (Å²) < 4.78 is 0. The quantitative estimate of drug-likeness (QED) is 0.835. The fourth-order valence-corrected chi connectivity index (χ4v) is 2.80. The molecule has 3 atom stereocenters. The van der Waals surface area contributed by atoms with Crippen molar-refractivity contribution >= 4 is 11.3 Å². The number of thiazole rings is 1. The van der Waals surface area contributed by atoms with Crippen molar-refractivity contribution in [2.24, 2.45) is 11.7 Å². The highest BCUT2D eigenvalue weighted by atomic mass is 32.1. The Kier molecular flexibility index (Phi) is 3.38. The second-order valence-electron chi connectivity index (χ2n) is 4.50. The van der Waals surface area contributed by atoms with Crippen LogP contribution in [-0.4, -0.2) is 29.0 Å². The van der Waals surface area contributed by atoms with Crippen LogP contribution in [0, 0.1) is 5.92 Å². The molecule has 0 aliphatic carbocycles.